The van der Waals surface area contributed by atoms with Crippen molar-refractivity contribution in [2.24, 2.45) is 0 Å². The number of carbonyl (C=O) groups is 2. The predicted octanol–water partition coefficient (Wildman–Crippen LogP) is 4.16. The normalized spacial score (nSPS) is 16.9. The number of hydrogen-bond donors (Lipinski definition) is 1. The third-order valence-corrected chi connectivity index (χ3v) is 7.83. The van der Waals surface area contributed by atoms with E-state index in [1.807, 2.05) is 66.7 Å². The molecule has 0 spiro atoms. The van der Waals surface area contributed by atoms with Crippen LogP contribution in [0, 0.1) is 0 Å². The first-order chi connectivity index (χ1) is 19.6. The van der Waals surface area contributed by atoms with Crippen molar-refractivity contribution < 1.29 is 19.4 Å². The zero-order chi connectivity index (χ0) is 27.5. The van der Waals surface area contributed by atoms with Gasteiger partial charge in [0.15, 0.2) is 0 Å². The second-order valence-electron chi connectivity index (χ2n) is 10.5. The number of β-amino-alcohol motifs (C(OH)–C–C–N with tert-alkyl or cyclic N) is 1. The molecule has 2 aliphatic rings. The van der Waals surface area contributed by atoms with E-state index < -0.39 is 6.10 Å². The molecular weight excluding hydrogens is 502 g/mol. The highest BCUT2D eigenvalue weighted by Crippen LogP contribution is 2.30. The number of carbonyl (C=O) groups excluding carboxylic acids is 2. The fourth-order valence-corrected chi connectivity index (χ4v) is 5.64. The zero-order valence-corrected chi connectivity index (χ0v) is 22.4. The molecule has 4 aromatic carbocycles. The minimum atomic E-state index is -0.591. The molecule has 4 aromatic rings. The molecule has 1 N–H and O–H groups in total. The standard InChI is InChI=1S/C33H33N3O4/c37-27(23-40-28-14-12-25(13-15-28)24-6-2-1-3-7-24)22-35-18-16-34(17-19-35)20-21-36-32(38)29-10-4-8-26-9-5-11-30(31(26)29)33(36)39/h1-15,27,37H,16-23H2/t27-/m0/s1. The Labute approximate surface area is 234 Å². The van der Waals surface area contributed by atoms with Crippen LogP contribution < -0.4 is 4.74 Å². The molecule has 40 heavy (non-hydrogen) atoms. The molecule has 6 rings (SSSR count). The van der Waals surface area contributed by atoms with Crippen molar-refractivity contribution in [3.8, 4) is 16.9 Å². The van der Waals surface area contributed by atoms with Gasteiger partial charge in [0.2, 0.25) is 0 Å². The quantitative estimate of drug-likeness (QED) is 0.325. The van der Waals surface area contributed by atoms with Gasteiger partial charge in [-0.3, -0.25) is 24.3 Å². The lowest BCUT2D eigenvalue weighted by Crippen LogP contribution is -2.51. The number of aliphatic hydroxyl groups is 1. The topological polar surface area (TPSA) is 73.3 Å². The second kappa shape index (κ2) is 11.6. The van der Waals surface area contributed by atoms with Crippen LogP contribution in [0.3, 0.4) is 0 Å². The molecule has 1 saturated heterocycles. The molecule has 7 heteroatoms. The summed E-state index contributed by atoms with van der Waals surface area (Å²) in [5.41, 5.74) is 3.48. The lowest BCUT2D eigenvalue weighted by molar-refractivity contribution is 0.0416. The molecule has 2 aliphatic heterocycles. The lowest BCUT2D eigenvalue weighted by atomic mass is 9.94. The summed E-state index contributed by atoms with van der Waals surface area (Å²) in [6.07, 6.45) is -0.591. The molecule has 0 radical (unpaired) electrons. The first kappa shape index (κ1) is 26.2. The Bertz CT molecular complexity index is 1450. The van der Waals surface area contributed by atoms with Crippen molar-refractivity contribution in [3.63, 3.8) is 0 Å². The molecule has 0 unspecified atom stereocenters. The van der Waals surface area contributed by atoms with Gasteiger partial charge in [-0.2, -0.15) is 0 Å². The van der Waals surface area contributed by atoms with Gasteiger partial charge in [0.05, 0.1) is 0 Å². The van der Waals surface area contributed by atoms with E-state index in [0.717, 1.165) is 53.8 Å². The van der Waals surface area contributed by atoms with Crippen molar-refractivity contribution >= 4 is 22.6 Å². The lowest BCUT2D eigenvalue weighted by Gasteiger charge is -2.36. The van der Waals surface area contributed by atoms with Gasteiger partial charge in [-0.1, -0.05) is 66.7 Å². The van der Waals surface area contributed by atoms with Gasteiger partial charge in [-0.05, 0) is 40.8 Å². The summed E-state index contributed by atoms with van der Waals surface area (Å²) >= 11 is 0. The Morgan fingerprint density at radius 2 is 1.27 bits per heavy atom. The number of piperazine rings is 1. The van der Waals surface area contributed by atoms with Crippen LogP contribution in [0.4, 0.5) is 0 Å². The molecule has 1 atom stereocenters. The number of nitrogens with zero attached hydrogens (tertiary/aromatic N) is 3. The Hall–Kier alpha value is -4.04. The van der Waals surface area contributed by atoms with Gasteiger partial charge in [0.25, 0.3) is 11.8 Å². The maximum atomic E-state index is 13.1. The van der Waals surface area contributed by atoms with Crippen molar-refractivity contribution in [1.82, 2.24) is 14.7 Å². The van der Waals surface area contributed by atoms with Crippen LogP contribution >= 0.6 is 0 Å². The second-order valence-corrected chi connectivity index (χ2v) is 10.5. The highest BCUT2D eigenvalue weighted by atomic mass is 16.5. The van der Waals surface area contributed by atoms with Crippen LogP contribution in [0.15, 0.2) is 91.0 Å². The molecule has 204 valence electrons. The Morgan fingerprint density at radius 1 is 0.675 bits per heavy atom. The van der Waals surface area contributed by atoms with Crippen LogP contribution in [-0.2, 0) is 0 Å². The number of benzene rings is 4. The number of aliphatic hydroxyl groups excluding tert-OH is 1. The Kier molecular flexibility index (Phi) is 7.60. The van der Waals surface area contributed by atoms with Crippen LogP contribution in [0.2, 0.25) is 0 Å². The van der Waals surface area contributed by atoms with Crippen LogP contribution in [0.5, 0.6) is 5.75 Å². The van der Waals surface area contributed by atoms with Crippen LogP contribution in [0.25, 0.3) is 21.9 Å². The van der Waals surface area contributed by atoms with Gasteiger partial charge >= 0.3 is 0 Å². The minimum Gasteiger partial charge on any atom is -0.491 e. The molecule has 7 nitrogen and oxygen atoms in total. The van der Waals surface area contributed by atoms with E-state index in [2.05, 4.69) is 21.9 Å². The third-order valence-electron chi connectivity index (χ3n) is 7.83. The molecule has 0 saturated carbocycles. The van der Waals surface area contributed by atoms with Gasteiger partial charge in [-0.25, -0.2) is 0 Å². The molecular formula is C33H33N3O4. The van der Waals surface area contributed by atoms with Gasteiger partial charge in [-0.15, -0.1) is 0 Å². The van der Waals surface area contributed by atoms with E-state index >= 15 is 0 Å². The monoisotopic (exact) mass is 535 g/mol. The largest absolute Gasteiger partial charge is 0.491 e. The fourth-order valence-electron chi connectivity index (χ4n) is 5.64. The summed E-state index contributed by atoms with van der Waals surface area (Å²) in [5.74, 6) is 0.306. The van der Waals surface area contributed by atoms with E-state index in [9.17, 15) is 14.7 Å². The van der Waals surface area contributed by atoms with E-state index in [1.54, 1.807) is 12.1 Å². The number of imide groups is 1. The van der Waals surface area contributed by atoms with Crippen molar-refractivity contribution in [2.75, 3.05) is 52.4 Å². The number of amides is 2. The number of rotatable bonds is 9. The molecule has 2 amide bonds. The maximum Gasteiger partial charge on any atom is 0.261 e. The summed E-state index contributed by atoms with van der Waals surface area (Å²) in [5, 5.41) is 12.3. The average molecular weight is 536 g/mol. The van der Waals surface area contributed by atoms with Gasteiger partial charge in [0, 0.05) is 62.3 Å². The van der Waals surface area contributed by atoms with Crippen LogP contribution in [-0.4, -0.2) is 90.1 Å². The smallest absolute Gasteiger partial charge is 0.261 e. The number of ether oxygens (including phenoxy) is 1. The van der Waals surface area contributed by atoms with E-state index in [0.29, 0.717) is 30.8 Å². The van der Waals surface area contributed by atoms with Gasteiger partial charge in [0.1, 0.15) is 18.5 Å². The van der Waals surface area contributed by atoms with Crippen molar-refractivity contribution in [2.45, 2.75) is 6.10 Å². The van der Waals surface area contributed by atoms with Gasteiger partial charge < -0.3 is 9.84 Å². The highest BCUT2D eigenvalue weighted by molar-refractivity contribution is 6.25. The SMILES string of the molecule is O=C1c2cccc3cccc(c23)C(=O)N1CCN1CCN(C[C@H](O)COc2ccc(-c3ccccc3)cc2)CC1. The number of hydrogen-bond acceptors (Lipinski definition) is 6. The summed E-state index contributed by atoms with van der Waals surface area (Å²) in [7, 11) is 0. The van der Waals surface area contributed by atoms with Crippen LogP contribution in [0.1, 0.15) is 20.7 Å². The fraction of sp³-hybridized carbons (Fsp3) is 0.273. The average Bonchev–Trinajstić information content (AvgIpc) is 3.00. The summed E-state index contributed by atoms with van der Waals surface area (Å²) in [6.45, 7) is 5.03. The summed E-state index contributed by atoms with van der Waals surface area (Å²) in [4.78, 5) is 32.2. The Balaban J connectivity index is 0.949. The molecule has 1 fully saturated rings. The first-order valence-corrected chi connectivity index (χ1v) is 13.9. The minimum absolute atomic E-state index is 0.217. The molecule has 2 heterocycles. The Morgan fingerprint density at radius 3 is 1.93 bits per heavy atom. The van der Waals surface area contributed by atoms with E-state index in [-0.39, 0.29) is 18.4 Å². The molecule has 0 aliphatic carbocycles. The third kappa shape index (κ3) is 5.49. The van der Waals surface area contributed by atoms with Crippen molar-refractivity contribution in [1.29, 1.82) is 0 Å². The molecule has 0 aromatic heterocycles. The maximum absolute atomic E-state index is 13.1. The molecule has 0 bridgehead atoms. The highest BCUT2D eigenvalue weighted by Gasteiger charge is 2.33. The predicted molar refractivity (Wildman–Crippen MR) is 156 cm³/mol. The first-order valence-electron chi connectivity index (χ1n) is 13.9. The van der Waals surface area contributed by atoms with E-state index in [4.69, 9.17) is 4.74 Å². The summed E-state index contributed by atoms with van der Waals surface area (Å²) in [6, 6.07) is 29.3. The van der Waals surface area contributed by atoms with Crippen molar-refractivity contribution in [3.05, 3.63) is 102 Å². The summed E-state index contributed by atoms with van der Waals surface area (Å²) < 4.78 is 5.84. The zero-order valence-electron chi connectivity index (χ0n) is 22.4. The van der Waals surface area contributed by atoms with E-state index in [1.165, 1.54) is 4.90 Å².